The number of nitrogen functional groups attached to an aromatic ring is 1. The van der Waals surface area contributed by atoms with Crippen LogP contribution in [0, 0.1) is 0 Å². The maximum absolute atomic E-state index is 12.3. The second-order valence-corrected chi connectivity index (χ2v) is 6.08. The molecular formula is C12H14N4O2S. The molecule has 0 unspecified atom stereocenters. The summed E-state index contributed by atoms with van der Waals surface area (Å²) in [5, 5.41) is 0. The molecule has 2 N–H and O–H groups in total. The second-order valence-electron chi connectivity index (χ2n) is 4.03. The highest BCUT2D eigenvalue weighted by Crippen LogP contribution is 2.17. The molecule has 7 heteroatoms. The fourth-order valence-electron chi connectivity index (χ4n) is 1.60. The molecule has 2 rings (SSSR count). The Hall–Kier alpha value is -1.99. The minimum Gasteiger partial charge on any atom is -0.384 e. The molecule has 0 bridgehead atoms. The van der Waals surface area contributed by atoms with Gasteiger partial charge in [-0.2, -0.15) is 4.31 Å². The molecule has 2 aromatic heterocycles. The first kappa shape index (κ1) is 13.4. The molecule has 19 heavy (non-hydrogen) atoms. The van der Waals surface area contributed by atoms with Crippen LogP contribution in [0.1, 0.15) is 5.56 Å². The van der Waals surface area contributed by atoms with Crippen molar-refractivity contribution >= 4 is 15.8 Å². The summed E-state index contributed by atoms with van der Waals surface area (Å²) in [5.41, 5.74) is 6.37. The molecule has 0 aromatic carbocycles. The number of anilines is 1. The van der Waals surface area contributed by atoms with E-state index < -0.39 is 10.0 Å². The molecule has 0 radical (unpaired) electrons. The molecule has 0 amide bonds. The van der Waals surface area contributed by atoms with Crippen molar-refractivity contribution in [1.82, 2.24) is 14.3 Å². The number of nitrogens with zero attached hydrogens (tertiary/aromatic N) is 3. The topological polar surface area (TPSA) is 89.2 Å². The molecule has 100 valence electrons. The Labute approximate surface area is 112 Å². The van der Waals surface area contributed by atoms with Crippen LogP contribution in [-0.4, -0.2) is 29.7 Å². The summed E-state index contributed by atoms with van der Waals surface area (Å²) in [7, 11) is -2.05. The van der Waals surface area contributed by atoms with Crippen LogP contribution in [0.5, 0.6) is 0 Å². The van der Waals surface area contributed by atoms with Crippen molar-refractivity contribution < 1.29 is 8.42 Å². The molecule has 0 fully saturated rings. The van der Waals surface area contributed by atoms with Gasteiger partial charge in [0.15, 0.2) is 0 Å². The molecule has 2 aromatic rings. The molecule has 0 atom stereocenters. The van der Waals surface area contributed by atoms with E-state index in [1.54, 1.807) is 24.5 Å². The summed E-state index contributed by atoms with van der Waals surface area (Å²) in [4.78, 5) is 7.81. The van der Waals surface area contributed by atoms with Gasteiger partial charge in [-0.1, -0.05) is 0 Å². The third-order valence-electron chi connectivity index (χ3n) is 2.62. The van der Waals surface area contributed by atoms with Gasteiger partial charge in [-0.15, -0.1) is 0 Å². The van der Waals surface area contributed by atoms with Crippen molar-refractivity contribution in [2.75, 3.05) is 12.8 Å². The quantitative estimate of drug-likeness (QED) is 0.896. The molecular weight excluding hydrogens is 264 g/mol. The van der Waals surface area contributed by atoms with Crippen molar-refractivity contribution in [2.45, 2.75) is 11.4 Å². The van der Waals surface area contributed by atoms with E-state index in [0.29, 0.717) is 0 Å². The van der Waals surface area contributed by atoms with Crippen molar-refractivity contribution in [3.05, 3.63) is 48.4 Å². The highest BCUT2D eigenvalue weighted by Gasteiger charge is 2.21. The lowest BCUT2D eigenvalue weighted by molar-refractivity contribution is 0.466. The molecule has 0 spiro atoms. The molecule has 0 aliphatic carbocycles. The zero-order valence-electron chi connectivity index (χ0n) is 10.4. The van der Waals surface area contributed by atoms with Gasteiger partial charge in [0.05, 0.1) is 4.90 Å². The predicted molar refractivity (Wildman–Crippen MR) is 71.5 cm³/mol. The maximum Gasteiger partial charge on any atom is 0.243 e. The SMILES string of the molecule is CN(Cc1ccncc1)S(=O)(=O)c1ccnc(N)c1. The molecule has 0 saturated heterocycles. The van der Waals surface area contributed by atoms with E-state index >= 15 is 0 Å². The standard InChI is InChI=1S/C12H14N4O2S/c1-16(9-10-2-5-14-6-3-10)19(17,18)11-4-7-15-12(13)8-11/h2-8H,9H2,1H3,(H2,13,15). The number of hydrogen-bond donors (Lipinski definition) is 1. The number of sulfonamides is 1. The molecule has 2 heterocycles. The van der Waals surface area contributed by atoms with Crippen LogP contribution in [-0.2, 0) is 16.6 Å². The van der Waals surface area contributed by atoms with Crippen LogP contribution in [0.4, 0.5) is 5.82 Å². The van der Waals surface area contributed by atoms with E-state index in [1.165, 1.54) is 29.7 Å². The Bertz CT molecular complexity index is 658. The van der Waals surface area contributed by atoms with Crippen molar-refractivity contribution in [2.24, 2.45) is 0 Å². The smallest absolute Gasteiger partial charge is 0.243 e. The number of pyridine rings is 2. The van der Waals surface area contributed by atoms with Crippen molar-refractivity contribution in [3.63, 3.8) is 0 Å². The fraction of sp³-hybridized carbons (Fsp3) is 0.167. The number of nitrogens with two attached hydrogens (primary N) is 1. The van der Waals surface area contributed by atoms with Gasteiger partial charge >= 0.3 is 0 Å². The summed E-state index contributed by atoms with van der Waals surface area (Å²) in [6, 6.07) is 6.31. The lowest BCUT2D eigenvalue weighted by Gasteiger charge is -2.17. The number of aromatic nitrogens is 2. The van der Waals surface area contributed by atoms with E-state index in [4.69, 9.17) is 5.73 Å². The number of rotatable bonds is 4. The summed E-state index contributed by atoms with van der Waals surface area (Å²) < 4.78 is 25.9. The Morgan fingerprint density at radius 3 is 2.53 bits per heavy atom. The largest absolute Gasteiger partial charge is 0.384 e. The van der Waals surface area contributed by atoms with E-state index in [1.807, 2.05) is 0 Å². The first-order valence-electron chi connectivity index (χ1n) is 5.57. The van der Waals surface area contributed by atoms with E-state index in [-0.39, 0.29) is 17.3 Å². The molecule has 0 aliphatic heterocycles. The Morgan fingerprint density at radius 2 is 1.89 bits per heavy atom. The molecule has 6 nitrogen and oxygen atoms in total. The monoisotopic (exact) mass is 278 g/mol. The van der Waals surface area contributed by atoms with E-state index in [2.05, 4.69) is 9.97 Å². The van der Waals surface area contributed by atoms with Crippen LogP contribution in [0.3, 0.4) is 0 Å². The zero-order valence-corrected chi connectivity index (χ0v) is 11.2. The van der Waals surface area contributed by atoms with Gasteiger partial charge < -0.3 is 5.73 Å². The van der Waals surface area contributed by atoms with Crippen molar-refractivity contribution in [1.29, 1.82) is 0 Å². The second kappa shape index (κ2) is 5.33. The third kappa shape index (κ3) is 3.07. The highest BCUT2D eigenvalue weighted by atomic mass is 32.2. The Kier molecular flexibility index (Phi) is 3.77. The van der Waals surface area contributed by atoms with E-state index in [9.17, 15) is 8.42 Å². The van der Waals surface area contributed by atoms with Crippen LogP contribution in [0.15, 0.2) is 47.8 Å². The maximum atomic E-state index is 12.3. The highest BCUT2D eigenvalue weighted by molar-refractivity contribution is 7.89. The first-order chi connectivity index (χ1) is 9.00. The molecule has 0 aliphatic rings. The van der Waals surface area contributed by atoms with E-state index in [0.717, 1.165) is 5.56 Å². The van der Waals surface area contributed by atoms with Gasteiger partial charge in [0, 0.05) is 38.2 Å². The fourth-order valence-corrected chi connectivity index (χ4v) is 2.78. The first-order valence-corrected chi connectivity index (χ1v) is 7.01. The van der Waals surface area contributed by atoms with Gasteiger partial charge in [-0.3, -0.25) is 4.98 Å². The summed E-state index contributed by atoms with van der Waals surface area (Å²) >= 11 is 0. The Balaban J connectivity index is 2.25. The van der Waals surface area contributed by atoms with Crippen LogP contribution in [0.2, 0.25) is 0 Å². The van der Waals surface area contributed by atoms with Gasteiger partial charge in [0.1, 0.15) is 5.82 Å². The van der Waals surface area contributed by atoms with Crippen LogP contribution >= 0.6 is 0 Å². The lowest BCUT2D eigenvalue weighted by atomic mass is 10.3. The lowest BCUT2D eigenvalue weighted by Crippen LogP contribution is -2.26. The average molecular weight is 278 g/mol. The van der Waals surface area contributed by atoms with Crippen molar-refractivity contribution in [3.8, 4) is 0 Å². The zero-order chi connectivity index (χ0) is 13.9. The predicted octanol–water partition coefficient (Wildman–Crippen LogP) is 0.879. The Morgan fingerprint density at radius 1 is 1.21 bits per heavy atom. The summed E-state index contributed by atoms with van der Waals surface area (Å²) in [6.45, 7) is 0.271. The number of hydrogen-bond acceptors (Lipinski definition) is 5. The third-order valence-corrected chi connectivity index (χ3v) is 4.41. The van der Waals surface area contributed by atoms with Gasteiger partial charge in [-0.05, 0) is 23.8 Å². The minimum absolute atomic E-state index is 0.136. The minimum atomic E-state index is -3.57. The van der Waals surface area contributed by atoms with Crippen LogP contribution in [0.25, 0.3) is 0 Å². The van der Waals surface area contributed by atoms with Gasteiger partial charge in [0.25, 0.3) is 0 Å². The summed E-state index contributed by atoms with van der Waals surface area (Å²) in [6.07, 6.45) is 4.63. The van der Waals surface area contributed by atoms with Crippen LogP contribution < -0.4 is 5.73 Å². The average Bonchev–Trinajstić information content (AvgIpc) is 2.40. The molecule has 0 saturated carbocycles. The normalized spacial score (nSPS) is 11.7. The van der Waals surface area contributed by atoms with Gasteiger partial charge in [-0.25, -0.2) is 13.4 Å². The van der Waals surface area contributed by atoms with Gasteiger partial charge in [0.2, 0.25) is 10.0 Å². The summed E-state index contributed by atoms with van der Waals surface area (Å²) in [5.74, 6) is 0.179.